The van der Waals surface area contributed by atoms with Crippen molar-refractivity contribution in [2.24, 2.45) is 0 Å². The molecule has 1 rings (SSSR count). The van der Waals surface area contributed by atoms with Gasteiger partial charge in [0.15, 0.2) is 6.61 Å². The lowest BCUT2D eigenvalue weighted by atomic mass is 10.2. The van der Waals surface area contributed by atoms with Crippen molar-refractivity contribution in [1.29, 1.82) is 0 Å². The number of hydrogen-bond donors (Lipinski definition) is 0. The summed E-state index contributed by atoms with van der Waals surface area (Å²) in [4.78, 5) is 22.4. The molecule has 1 saturated heterocycles. The van der Waals surface area contributed by atoms with Gasteiger partial charge >= 0.3 is 11.9 Å². The summed E-state index contributed by atoms with van der Waals surface area (Å²) >= 11 is 0. The van der Waals surface area contributed by atoms with E-state index in [4.69, 9.17) is 14.2 Å². The molecule has 0 saturated carbocycles. The molecule has 0 N–H and O–H groups in total. The Morgan fingerprint density at radius 2 is 2.00 bits per heavy atom. The van der Waals surface area contributed by atoms with Crippen LogP contribution in [0.15, 0.2) is 12.2 Å². The summed E-state index contributed by atoms with van der Waals surface area (Å²) in [6.45, 7) is 8.30. The van der Waals surface area contributed by atoms with E-state index in [1.54, 1.807) is 0 Å². The van der Waals surface area contributed by atoms with E-state index in [1.807, 2.05) is 13.8 Å². The van der Waals surface area contributed by atoms with Gasteiger partial charge in [0.25, 0.3) is 0 Å². The molecule has 0 aliphatic carbocycles. The second-order valence-corrected chi connectivity index (χ2v) is 4.16. The minimum atomic E-state index is -0.757. The van der Waals surface area contributed by atoms with Crippen molar-refractivity contribution in [3.8, 4) is 0 Å². The van der Waals surface area contributed by atoms with Crippen LogP contribution < -0.4 is 0 Å². The van der Waals surface area contributed by atoms with Crippen LogP contribution in [0.2, 0.25) is 0 Å². The molecule has 1 fully saturated rings. The maximum Gasteiger partial charge on any atom is 0.346 e. The Kier molecular flexibility index (Phi) is 5.30. The van der Waals surface area contributed by atoms with Crippen molar-refractivity contribution in [3.63, 3.8) is 0 Å². The Labute approximate surface area is 106 Å². The maximum atomic E-state index is 11.4. The zero-order chi connectivity index (χ0) is 13.7. The van der Waals surface area contributed by atoms with Gasteiger partial charge in [-0.2, -0.15) is 0 Å². The van der Waals surface area contributed by atoms with Crippen molar-refractivity contribution in [3.05, 3.63) is 12.2 Å². The fraction of sp³-hybridized carbons (Fsp3) is 0.667. The summed E-state index contributed by atoms with van der Waals surface area (Å²) in [6.07, 6.45) is -0.956. The van der Waals surface area contributed by atoms with Crippen molar-refractivity contribution in [1.82, 2.24) is 0 Å². The number of hydrogen-bond acceptors (Lipinski definition) is 6. The van der Waals surface area contributed by atoms with Crippen LogP contribution in [0.4, 0.5) is 0 Å². The van der Waals surface area contributed by atoms with Gasteiger partial charge in [-0.1, -0.05) is 6.58 Å². The highest BCUT2D eigenvalue weighted by Gasteiger charge is 2.28. The van der Waals surface area contributed by atoms with E-state index in [1.165, 1.54) is 6.92 Å². The quantitative estimate of drug-likeness (QED) is 0.548. The molecule has 102 valence electrons. The van der Waals surface area contributed by atoms with Crippen molar-refractivity contribution >= 4 is 11.9 Å². The number of carbonyl (C=O) groups excluding carboxylic acids is 2. The molecular formula is C12H18O6. The fourth-order valence-electron chi connectivity index (χ4n) is 1.25. The molecule has 0 amide bonds. The van der Waals surface area contributed by atoms with Gasteiger partial charge < -0.3 is 18.9 Å². The van der Waals surface area contributed by atoms with Crippen LogP contribution in [-0.4, -0.2) is 43.7 Å². The Hall–Kier alpha value is -1.40. The lowest BCUT2D eigenvalue weighted by Gasteiger charge is -2.32. The fourth-order valence-corrected chi connectivity index (χ4v) is 1.25. The average molecular weight is 258 g/mol. The summed E-state index contributed by atoms with van der Waals surface area (Å²) in [5.41, 5.74) is 0.225. The Bertz CT molecular complexity index is 337. The molecule has 0 aromatic carbocycles. The first-order chi connectivity index (χ1) is 8.40. The topological polar surface area (TPSA) is 71.1 Å². The monoisotopic (exact) mass is 258 g/mol. The van der Waals surface area contributed by atoms with Crippen LogP contribution in [0.25, 0.3) is 0 Å². The molecule has 1 aliphatic rings. The SMILES string of the molecule is C=C(C)C(=O)OCC(=O)OC1COC(C)C(C)O1. The molecule has 0 aromatic heterocycles. The van der Waals surface area contributed by atoms with E-state index in [0.717, 1.165) is 0 Å². The van der Waals surface area contributed by atoms with Crippen molar-refractivity contribution in [2.75, 3.05) is 13.2 Å². The Morgan fingerprint density at radius 1 is 1.33 bits per heavy atom. The van der Waals surface area contributed by atoms with Gasteiger partial charge in [-0.3, -0.25) is 0 Å². The molecule has 0 bridgehead atoms. The minimum Gasteiger partial charge on any atom is -0.450 e. The van der Waals surface area contributed by atoms with Crippen molar-refractivity contribution < 1.29 is 28.5 Å². The van der Waals surface area contributed by atoms with Gasteiger partial charge in [0.2, 0.25) is 6.29 Å². The van der Waals surface area contributed by atoms with Crippen molar-refractivity contribution in [2.45, 2.75) is 39.3 Å². The number of carbonyl (C=O) groups is 2. The molecule has 3 unspecified atom stereocenters. The summed E-state index contributed by atoms with van der Waals surface area (Å²) in [5.74, 6) is -1.31. The summed E-state index contributed by atoms with van der Waals surface area (Å²) < 4.78 is 20.3. The molecule has 0 radical (unpaired) electrons. The first-order valence-corrected chi connectivity index (χ1v) is 5.69. The summed E-state index contributed by atoms with van der Waals surface area (Å²) in [7, 11) is 0. The highest BCUT2D eigenvalue weighted by atomic mass is 16.7. The van der Waals surface area contributed by atoms with Crippen LogP contribution >= 0.6 is 0 Å². The predicted octanol–water partition coefficient (Wildman–Crippen LogP) is 0.799. The van der Waals surface area contributed by atoms with Gasteiger partial charge in [0.05, 0.1) is 12.2 Å². The van der Waals surface area contributed by atoms with Gasteiger partial charge in [0.1, 0.15) is 6.61 Å². The third kappa shape index (κ3) is 4.46. The average Bonchev–Trinajstić information content (AvgIpc) is 2.30. The lowest BCUT2D eigenvalue weighted by molar-refractivity contribution is -0.254. The molecule has 6 nitrogen and oxygen atoms in total. The highest BCUT2D eigenvalue weighted by molar-refractivity contribution is 5.88. The van der Waals surface area contributed by atoms with Crippen LogP contribution in [0.5, 0.6) is 0 Å². The van der Waals surface area contributed by atoms with E-state index in [0.29, 0.717) is 0 Å². The lowest BCUT2D eigenvalue weighted by Crippen LogP contribution is -2.42. The third-order valence-corrected chi connectivity index (χ3v) is 2.46. The molecule has 1 heterocycles. The molecule has 18 heavy (non-hydrogen) atoms. The zero-order valence-electron chi connectivity index (χ0n) is 10.8. The number of rotatable bonds is 4. The second-order valence-electron chi connectivity index (χ2n) is 4.16. The van der Waals surface area contributed by atoms with Gasteiger partial charge in [-0.25, -0.2) is 9.59 Å². The molecule has 3 atom stereocenters. The zero-order valence-corrected chi connectivity index (χ0v) is 10.8. The van der Waals surface area contributed by atoms with E-state index in [9.17, 15) is 9.59 Å². The largest absolute Gasteiger partial charge is 0.450 e. The smallest absolute Gasteiger partial charge is 0.346 e. The van der Waals surface area contributed by atoms with E-state index in [-0.39, 0.29) is 24.4 Å². The van der Waals surface area contributed by atoms with Crippen LogP contribution in [0.1, 0.15) is 20.8 Å². The van der Waals surface area contributed by atoms with Crippen LogP contribution in [0.3, 0.4) is 0 Å². The Balaban J connectivity index is 2.28. The standard InChI is InChI=1S/C12H18O6/c1-7(2)12(14)16-5-10(13)18-11-6-15-8(3)9(4)17-11/h8-9,11H,1,5-6H2,2-4H3. The van der Waals surface area contributed by atoms with E-state index >= 15 is 0 Å². The predicted molar refractivity (Wildman–Crippen MR) is 61.6 cm³/mol. The Morgan fingerprint density at radius 3 is 2.56 bits per heavy atom. The first-order valence-electron chi connectivity index (χ1n) is 5.69. The van der Waals surface area contributed by atoms with Crippen LogP contribution in [0, 0.1) is 0 Å². The third-order valence-electron chi connectivity index (χ3n) is 2.46. The van der Waals surface area contributed by atoms with E-state index in [2.05, 4.69) is 11.3 Å². The number of ether oxygens (including phenoxy) is 4. The van der Waals surface area contributed by atoms with Crippen LogP contribution in [-0.2, 0) is 28.5 Å². The summed E-state index contributed by atoms with van der Waals surface area (Å²) in [5, 5.41) is 0. The number of esters is 2. The highest BCUT2D eigenvalue weighted by Crippen LogP contribution is 2.15. The van der Waals surface area contributed by atoms with E-state index < -0.39 is 24.8 Å². The minimum absolute atomic E-state index is 0.0406. The first kappa shape index (κ1) is 14.7. The molecule has 1 aliphatic heterocycles. The summed E-state index contributed by atoms with van der Waals surface area (Å²) in [6, 6.07) is 0. The molecule has 0 aromatic rings. The molecule has 0 spiro atoms. The van der Waals surface area contributed by atoms with Gasteiger partial charge in [-0.15, -0.1) is 0 Å². The van der Waals surface area contributed by atoms with Gasteiger partial charge in [-0.05, 0) is 20.8 Å². The normalized spacial score (nSPS) is 27.4. The second kappa shape index (κ2) is 6.51. The maximum absolute atomic E-state index is 11.4. The molecular weight excluding hydrogens is 240 g/mol. The van der Waals surface area contributed by atoms with Gasteiger partial charge in [0, 0.05) is 5.57 Å². The molecule has 6 heteroatoms.